The maximum Gasteiger partial charge on any atom is 0.253 e. The summed E-state index contributed by atoms with van der Waals surface area (Å²) >= 11 is 0. The Morgan fingerprint density at radius 1 is 1.45 bits per heavy atom. The first-order valence-corrected chi connectivity index (χ1v) is 6.40. The van der Waals surface area contributed by atoms with Crippen molar-refractivity contribution < 1.29 is 4.79 Å². The van der Waals surface area contributed by atoms with E-state index in [0.29, 0.717) is 17.8 Å². The van der Waals surface area contributed by atoms with Gasteiger partial charge in [0.1, 0.15) is 0 Å². The average Bonchev–Trinajstić information content (AvgIpc) is 2.96. The van der Waals surface area contributed by atoms with Crippen molar-refractivity contribution in [3.05, 3.63) is 36.2 Å². The Kier molecular flexibility index (Phi) is 4.54. The third-order valence-electron chi connectivity index (χ3n) is 2.87. The molecule has 7 heteroatoms. The molecule has 0 bridgehead atoms. The number of nitrogens with one attached hydrogen (secondary N) is 2. The summed E-state index contributed by atoms with van der Waals surface area (Å²) in [7, 11) is 1.60. The largest absolute Gasteiger partial charge is 0.399 e. The predicted octanol–water partition coefficient (Wildman–Crippen LogP) is 0.722. The molecule has 0 fully saturated rings. The maximum atomic E-state index is 11.8. The molecule has 106 valence electrons. The highest BCUT2D eigenvalue weighted by Crippen LogP contribution is 2.19. The first-order valence-electron chi connectivity index (χ1n) is 6.40. The van der Waals surface area contributed by atoms with E-state index < -0.39 is 0 Å². The number of benzene rings is 1. The number of anilines is 2. The molecule has 7 nitrogen and oxygen atoms in total. The lowest BCUT2D eigenvalue weighted by Gasteiger charge is -2.12. The standard InChI is InChI=1S/C13H18N6O/c1-15-13(20)11-4-3-10(14)9-12(11)16-5-2-7-19-8-6-17-18-19/h3-4,6,8-9,16H,2,5,7,14H2,1H3,(H,15,20). The van der Waals surface area contributed by atoms with E-state index in [-0.39, 0.29) is 5.91 Å². The SMILES string of the molecule is CNC(=O)c1ccc(N)cc1NCCCn1ccnn1. The van der Waals surface area contributed by atoms with Gasteiger partial charge in [-0.1, -0.05) is 5.21 Å². The van der Waals surface area contributed by atoms with Crippen molar-refractivity contribution in [2.75, 3.05) is 24.6 Å². The van der Waals surface area contributed by atoms with Gasteiger partial charge in [-0.15, -0.1) is 5.10 Å². The average molecular weight is 274 g/mol. The van der Waals surface area contributed by atoms with E-state index in [1.54, 1.807) is 36.1 Å². The fourth-order valence-electron chi connectivity index (χ4n) is 1.86. The van der Waals surface area contributed by atoms with Gasteiger partial charge in [0.2, 0.25) is 0 Å². The van der Waals surface area contributed by atoms with Crippen LogP contribution in [0.15, 0.2) is 30.6 Å². The molecule has 0 atom stereocenters. The Hall–Kier alpha value is -2.57. The summed E-state index contributed by atoms with van der Waals surface area (Å²) in [6, 6.07) is 5.19. The van der Waals surface area contributed by atoms with Crippen molar-refractivity contribution in [2.45, 2.75) is 13.0 Å². The van der Waals surface area contributed by atoms with Crippen LogP contribution < -0.4 is 16.4 Å². The summed E-state index contributed by atoms with van der Waals surface area (Å²) in [5.74, 6) is -0.135. The van der Waals surface area contributed by atoms with Crippen molar-refractivity contribution in [3.63, 3.8) is 0 Å². The third kappa shape index (κ3) is 3.47. The number of aryl methyl sites for hydroxylation is 1. The van der Waals surface area contributed by atoms with Crippen LogP contribution in [0.2, 0.25) is 0 Å². The van der Waals surface area contributed by atoms with E-state index in [1.165, 1.54) is 0 Å². The zero-order chi connectivity index (χ0) is 14.4. The summed E-state index contributed by atoms with van der Waals surface area (Å²) < 4.78 is 1.76. The van der Waals surface area contributed by atoms with Crippen LogP contribution in [0.4, 0.5) is 11.4 Å². The lowest BCUT2D eigenvalue weighted by Crippen LogP contribution is -2.20. The molecule has 1 amide bonds. The zero-order valence-corrected chi connectivity index (χ0v) is 11.3. The van der Waals surface area contributed by atoms with Crippen molar-refractivity contribution in [2.24, 2.45) is 0 Å². The van der Waals surface area contributed by atoms with Crippen LogP contribution in [0.25, 0.3) is 0 Å². The van der Waals surface area contributed by atoms with Crippen LogP contribution in [0.5, 0.6) is 0 Å². The van der Waals surface area contributed by atoms with Crippen LogP contribution in [-0.4, -0.2) is 34.5 Å². The van der Waals surface area contributed by atoms with Crippen molar-refractivity contribution in [3.8, 4) is 0 Å². The Morgan fingerprint density at radius 2 is 2.30 bits per heavy atom. The van der Waals surface area contributed by atoms with E-state index in [0.717, 1.165) is 18.7 Å². The minimum Gasteiger partial charge on any atom is -0.399 e. The van der Waals surface area contributed by atoms with Crippen LogP contribution in [0, 0.1) is 0 Å². The third-order valence-corrected chi connectivity index (χ3v) is 2.87. The Morgan fingerprint density at radius 3 is 3.00 bits per heavy atom. The van der Waals surface area contributed by atoms with Gasteiger partial charge in [-0.25, -0.2) is 0 Å². The molecule has 0 saturated heterocycles. The number of nitrogens with zero attached hydrogens (tertiary/aromatic N) is 3. The maximum absolute atomic E-state index is 11.8. The molecule has 0 aliphatic rings. The number of nitrogen functional groups attached to an aromatic ring is 1. The molecule has 1 aromatic heterocycles. The number of amides is 1. The summed E-state index contributed by atoms with van der Waals surface area (Å²) in [6.07, 6.45) is 4.33. The molecule has 0 aliphatic heterocycles. The Bertz CT molecular complexity index is 566. The van der Waals surface area contributed by atoms with Gasteiger partial charge in [-0.3, -0.25) is 9.48 Å². The summed E-state index contributed by atoms with van der Waals surface area (Å²) in [5.41, 5.74) is 7.70. The fourth-order valence-corrected chi connectivity index (χ4v) is 1.86. The first kappa shape index (κ1) is 13.9. The monoisotopic (exact) mass is 274 g/mol. The molecular formula is C13H18N6O. The summed E-state index contributed by atoms with van der Waals surface area (Å²) in [4.78, 5) is 11.8. The second-order valence-electron chi connectivity index (χ2n) is 4.33. The van der Waals surface area contributed by atoms with Gasteiger partial charge in [0, 0.05) is 37.7 Å². The zero-order valence-electron chi connectivity index (χ0n) is 11.3. The molecule has 0 saturated carbocycles. The Balaban J connectivity index is 1.94. The molecule has 2 rings (SSSR count). The molecule has 20 heavy (non-hydrogen) atoms. The highest BCUT2D eigenvalue weighted by Gasteiger charge is 2.09. The first-order chi connectivity index (χ1) is 9.70. The topological polar surface area (TPSA) is 97.9 Å². The van der Waals surface area contributed by atoms with Crippen LogP contribution >= 0.6 is 0 Å². The summed E-state index contributed by atoms with van der Waals surface area (Å²) in [6.45, 7) is 1.48. The number of rotatable bonds is 6. The minimum atomic E-state index is -0.135. The van der Waals surface area contributed by atoms with Crippen molar-refractivity contribution in [1.82, 2.24) is 20.3 Å². The molecule has 0 unspecified atom stereocenters. The molecule has 0 aliphatic carbocycles. The van der Waals surface area contributed by atoms with E-state index in [4.69, 9.17) is 5.73 Å². The van der Waals surface area contributed by atoms with E-state index >= 15 is 0 Å². The number of aromatic nitrogens is 3. The molecule has 0 radical (unpaired) electrons. The van der Waals surface area contributed by atoms with E-state index in [2.05, 4.69) is 20.9 Å². The number of carbonyl (C=O) groups excluding carboxylic acids is 1. The van der Waals surface area contributed by atoms with Gasteiger partial charge < -0.3 is 16.4 Å². The number of carbonyl (C=O) groups is 1. The second kappa shape index (κ2) is 6.55. The lowest BCUT2D eigenvalue weighted by atomic mass is 10.1. The van der Waals surface area contributed by atoms with Gasteiger partial charge in [-0.2, -0.15) is 0 Å². The van der Waals surface area contributed by atoms with Crippen LogP contribution in [0.3, 0.4) is 0 Å². The molecule has 1 heterocycles. The fraction of sp³-hybridized carbons (Fsp3) is 0.308. The predicted molar refractivity (Wildman–Crippen MR) is 77.4 cm³/mol. The van der Waals surface area contributed by atoms with Gasteiger partial charge in [0.15, 0.2) is 0 Å². The quantitative estimate of drug-likeness (QED) is 0.532. The smallest absolute Gasteiger partial charge is 0.253 e. The number of nitrogens with two attached hydrogens (primary N) is 1. The van der Waals surface area contributed by atoms with Crippen molar-refractivity contribution in [1.29, 1.82) is 0 Å². The highest BCUT2D eigenvalue weighted by molar-refractivity contribution is 6.00. The van der Waals surface area contributed by atoms with Gasteiger partial charge in [0.05, 0.1) is 11.8 Å². The van der Waals surface area contributed by atoms with Gasteiger partial charge in [-0.05, 0) is 24.6 Å². The highest BCUT2D eigenvalue weighted by atomic mass is 16.1. The lowest BCUT2D eigenvalue weighted by molar-refractivity contribution is 0.0964. The number of hydrogen-bond acceptors (Lipinski definition) is 5. The normalized spacial score (nSPS) is 10.2. The molecular weight excluding hydrogens is 256 g/mol. The van der Waals surface area contributed by atoms with E-state index in [1.807, 2.05) is 6.20 Å². The van der Waals surface area contributed by atoms with Gasteiger partial charge >= 0.3 is 0 Å². The van der Waals surface area contributed by atoms with Crippen LogP contribution in [-0.2, 0) is 6.54 Å². The van der Waals surface area contributed by atoms with Crippen LogP contribution in [0.1, 0.15) is 16.8 Å². The second-order valence-corrected chi connectivity index (χ2v) is 4.33. The van der Waals surface area contributed by atoms with E-state index in [9.17, 15) is 4.79 Å². The Labute approximate surface area is 117 Å². The minimum absolute atomic E-state index is 0.135. The van der Waals surface area contributed by atoms with Crippen molar-refractivity contribution >= 4 is 17.3 Å². The van der Waals surface area contributed by atoms with Gasteiger partial charge in [0.25, 0.3) is 5.91 Å². The molecule has 1 aromatic carbocycles. The molecule has 0 spiro atoms. The number of hydrogen-bond donors (Lipinski definition) is 3. The molecule has 4 N–H and O–H groups in total. The molecule has 2 aromatic rings. The summed E-state index contributed by atoms with van der Waals surface area (Å²) in [5, 5.41) is 13.5.